The summed E-state index contributed by atoms with van der Waals surface area (Å²) in [5.41, 5.74) is 0.797. The summed E-state index contributed by atoms with van der Waals surface area (Å²) in [6.07, 6.45) is 2.41. The van der Waals surface area contributed by atoms with E-state index in [2.05, 4.69) is 10.6 Å². The third-order valence-electron chi connectivity index (χ3n) is 4.35. The first-order valence-corrected chi connectivity index (χ1v) is 8.10. The predicted molar refractivity (Wildman–Crippen MR) is 87.4 cm³/mol. The molecule has 1 saturated carbocycles. The summed E-state index contributed by atoms with van der Waals surface area (Å²) in [6, 6.07) is 6.47. The molecule has 2 N–H and O–H groups in total. The first-order chi connectivity index (χ1) is 11.5. The second kappa shape index (κ2) is 6.86. The van der Waals surface area contributed by atoms with Crippen LogP contribution in [0.1, 0.15) is 19.3 Å². The molecule has 2 fully saturated rings. The fraction of sp³-hybridized carbons (Fsp3) is 0.500. The van der Waals surface area contributed by atoms with Gasteiger partial charge >= 0.3 is 0 Å². The monoisotopic (exact) mass is 332 g/mol. The van der Waals surface area contributed by atoms with Gasteiger partial charge in [0.05, 0.1) is 10.8 Å². The van der Waals surface area contributed by atoms with Gasteiger partial charge in [0.1, 0.15) is 0 Å². The summed E-state index contributed by atoms with van der Waals surface area (Å²) >= 11 is 0. The van der Waals surface area contributed by atoms with Crippen molar-refractivity contribution in [3.8, 4) is 0 Å². The zero-order chi connectivity index (χ0) is 17.1. The molecule has 3 rings (SSSR count). The lowest BCUT2D eigenvalue weighted by molar-refractivity contribution is -0.384. The molecule has 0 bridgehead atoms. The normalized spacial score (nSPS) is 20.1. The van der Waals surface area contributed by atoms with Crippen LogP contribution in [0.4, 0.5) is 11.4 Å². The quantitative estimate of drug-likeness (QED) is 0.442. The van der Waals surface area contributed by atoms with E-state index in [9.17, 15) is 19.7 Å². The van der Waals surface area contributed by atoms with E-state index in [1.807, 2.05) is 4.90 Å². The number of hydrogen-bond donors (Lipinski definition) is 2. The molecule has 24 heavy (non-hydrogen) atoms. The number of anilines is 1. The molecule has 8 nitrogen and oxygen atoms in total. The van der Waals surface area contributed by atoms with Gasteiger partial charge in [0.15, 0.2) is 0 Å². The van der Waals surface area contributed by atoms with Crippen molar-refractivity contribution in [2.45, 2.75) is 25.3 Å². The van der Waals surface area contributed by atoms with Crippen molar-refractivity contribution < 1.29 is 14.5 Å². The number of non-ortho nitro benzene ring substituents is 1. The Balaban J connectivity index is 1.38. The third-order valence-corrected chi connectivity index (χ3v) is 4.35. The molecule has 1 aliphatic heterocycles. The van der Waals surface area contributed by atoms with Gasteiger partial charge in [0.25, 0.3) is 5.69 Å². The van der Waals surface area contributed by atoms with Crippen LogP contribution in [-0.2, 0) is 9.59 Å². The van der Waals surface area contributed by atoms with E-state index in [-0.39, 0.29) is 23.4 Å². The van der Waals surface area contributed by atoms with Crippen LogP contribution < -0.4 is 10.6 Å². The maximum absolute atomic E-state index is 12.1. The van der Waals surface area contributed by atoms with Crippen LogP contribution in [0.5, 0.6) is 0 Å². The molecule has 2 amide bonds. The van der Waals surface area contributed by atoms with Gasteiger partial charge in [-0.2, -0.15) is 0 Å². The summed E-state index contributed by atoms with van der Waals surface area (Å²) < 4.78 is 0. The number of hydrogen-bond acceptors (Lipinski definition) is 5. The molecule has 0 unspecified atom stereocenters. The minimum absolute atomic E-state index is 0.0416. The standard InChI is InChI=1S/C16H20N4O4/c21-15-9-11(10-19(15)13-5-6-13)16(22)18-8-7-17-12-1-3-14(4-2-12)20(23)24/h1-4,11,13,17H,5-10H2,(H,18,22)/t11-/m0/s1. The summed E-state index contributed by atoms with van der Waals surface area (Å²) in [5, 5.41) is 16.5. The Morgan fingerprint density at radius 1 is 1.25 bits per heavy atom. The number of carbonyl (C=O) groups excluding carboxylic acids is 2. The Bertz CT molecular complexity index is 642. The molecule has 0 aromatic heterocycles. The highest BCUT2D eigenvalue weighted by Gasteiger charge is 2.41. The molecular weight excluding hydrogens is 312 g/mol. The van der Waals surface area contributed by atoms with Crippen LogP contribution in [0.25, 0.3) is 0 Å². The maximum Gasteiger partial charge on any atom is 0.269 e. The molecule has 1 atom stereocenters. The van der Waals surface area contributed by atoms with Crippen LogP contribution in [-0.4, -0.2) is 47.3 Å². The molecule has 8 heteroatoms. The highest BCUT2D eigenvalue weighted by molar-refractivity contribution is 5.89. The lowest BCUT2D eigenvalue weighted by Crippen LogP contribution is -2.35. The number of benzene rings is 1. The topological polar surface area (TPSA) is 105 Å². The molecular formula is C16H20N4O4. The van der Waals surface area contributed by atoms with Crippen molar-refractivity contribution >= 4 is 23.2 Å². The zero-order valence-corrected chi connectivity index (χ0v) is 13.2. The highest BCUT2D eigenvalue weighted by Crippen LogP contribution is 2.32. The first kappa shape index (κ1) is 16.2. The molecule has 128 valence electrons. The molecule has 1 aromatic rings. The van der Waals surface area contributed by atoms with Gasteiger partial charge in [-0.1, -0.05) is 0 Å². The first-order valence-electron chi connectivity index (χ1n) is 8.10. The molecule has 0 radical (unpaired) electrons. The van der Waals surface area contributed by atoms with Gasteiger partial charge in [0, 0.05) is 49.9 Å². The molecule has 1 heterocycles. The van der Waals surface area contributed by atoms with Gasteiger partial charge in [-0.15, -0.1) is 0 Å². The molecule has 1 aromatic carbocycles. The van der Waals surface area contributed by atoms with Crippen molar-refractivity contribution in [1.82, 2.24) is 10.2 Å². The van der Waals surface area contributed by atoms with E-state index in [4.69, 9.17) is 0 Å². The number of rotatable bonds is 7. The van der Waals surface area contributed by atoms with Gasteiger partial charge < -0.3 is 15.5 Å². The maximum atomic E-state index is 12.1. The van der Waals surface area contributed by atoms with Crippen LogP contribution in [0.3, 0.4) is 0 Å². The summed E-state index contributed by atoms with van der Waals surface area (Å²) in [5.74, 6) is -0.254. The SMILES string of the molecule is O=C(NCCNc1ccc([N+](=O)[O-])cc1)[C@H]1CC(=O)N(C2CC2)C1. The minimum Gasteiger partial charge on any atom is -0.383 e. The molecule has 1 saturated heterocycles. The van der Waals surface area contributed by atoms with Crippen molar-refractivity contribution in [2.24, 2.45) is 5.92 Å². The number of carbonyl (C=O) groups is 2. The lowest BCUT2D eigenvalue weighted by atomic mass is 10.1. The van der Waals surface area contributed by atoms with Gasteiger partial charge in [-0.3, -0.25) is 19.7 Å². The Morgan fingerprint density at radius 2 is 1.96 bits per heavy atom. The lowest BCUT2D eigenvalue weighted by Gasteiger charge is -2.15. The summed E-state index contributed by atoms with van der Waals surface area (Å²) in [4.78, 5) is 35.9. The number of nitro groups is 1. The Morgan fingerprint density at radius 3 is 2.58 bits per heavy atom. The molecule has 0 spiro atoms. The van der Waals surface area contributed by atoms with Gasteiger partial charge in [0.2, 0.25) is 11.8 Å². The van der Waals surface area contributed by atoms with Crippen LogP contribution in [0.2, 0.25) is 0 Å². The fourth-order valence-corrected chi connectivity index (χ4v) is 2.88. The number of nitro benzene ring substituents is 1. The van der Waals surface area contributed by atoms with Crippen molar-refractivity contribution in [1.29, 1.82) is 0 Å². The van der Waals surface area contributed by atoms with Crippen LogP contribution in [0, 0.1) is 16.0 Å². The number of nitrogens with zero attached hydrogens (tertiary/aromatic N) is 2. The van der Waals surface area contributed by atoms with Gasteiger partial charge in [-0.05, 0) is 25.0 Å². The number of nitrogens with one attached hydrogen (secondary N) is 2. The second-order valence-corrected chi connectivity index (χ2v) is 6.20. The average Bonchev–Trinajstić information content (AvgIpc) is 3.34. The average molecular weight is 332 g/mol. The van der Waals surface area contributed by atoms with Crippen molar-refractivity contribution in [3.63, 3.8) is 0 Å². The second-order valence-electron chi connectivity index (χ2n) is 6.20. The van der Waals surface area contributed by atoms with E-state index in [0.29, 0.717) is 32.1 Å². The van der Waals surface area contributed by atoms with Crippen molar-refractivity contribution in [2.75, 3.05) is 25.0 Å². The van der Waals surface area contributed by atoms with Crippen LogP contribution in [0.15, 0.2) is 24.3 Å². The largest absolute Gasteiger partial charge is 0.383 e. The zero-order valence-electron chi connectivity index (χ0n) is 13.2. The van der Waals surface area contributed by atoms with E-state index in [0.717, 1.165) is 18.5 Å². The van der Waals surface area contributed by atoms with Crippen LogP contribution >= 0.6 is 0 Å². The Hall–Kier alpha value is -2.64. The number of likely N-dealkylation sites (tertiary alicyclic amines) is 1. The highest BCUT2D eigenvalue weighted by atomic mass is 16.6. The molecule has 2 aliphatic rings. The van der Waals surface area contributed by atoms with E-state index < -0.39 is 4.92 Å². The van der Waals surface area contributed by atoms with E-state index in [1.165, 1.54) is 12.1 Å². The van der Waals surface area contributed by atoms with Gasteiger partial charge in [-0.25, -0.2) is 0 Å². The third kappa shape index (κ3) is 3.81. The fourth-order valence-electron chi connectivity index (χ4n) is 2.88. The van der Waals surface area contributed by atoms with E-state index in [1.54, 1.807) is 12.1 Å². The Kier molecular flexibility index (Phi) is 4.64. The summed E-state index contributed by atoms with van der Waals surface area (Å²) in [7, 11) is 0. The van der Waals surface area contributed by atoms with E-state index >= 15 is 0 Å². The predicted octanol–water partition coefficient (Wildman–Crippen LogP) is 1.13. The minimum atomic E-state index is -0.447. The number of amides is 2. The smallest absolute Gasteiger partial charge is 0.269 e. The molecule has 1 aliphatic carbocycles. The Labute approximate surface area is 139 Å². The van der Waals surface area contributed by atoms with Crippen molar-refractivity contribution in [3.05, 3.63) is 34.4 Å². The summed E-state index contributed by atoms with van der Waals surface area (Å²) in [6.45, 7) is 1.48.